The van der Waals surface area contributed by atoms with Gasteiger partial charge in [-0.15, -0.1) is 23.2 Å². The van der Waals surface area contributed by atoms with Gasteiger partial charge in [0.15, 0.2) is 0 Å². The third-order valence-corrected chi connectivity index (χ3v) is 11.8. The van der Waals surface area contributed by atoms with Gasteiger partial charge in [0, 0.05) is 21.3 Å². The molecule has 4 bridgehead atoms. The lowest BCUT2D eigenvalue weighted by atomic mass is 9.58. The van der Waals surface area contributed by atoms with Crippen LogP contribution in [0.15, 0.2) is 0 Å². The lowest BCUT2D eigenvalue weighted by molar-refractivity contribution is -0.155. The van der Waals surface area contributed by atoms with Crippen LogP contribution in [0.2, 0.25) is 0 Å². The second-order valence-electron chi connectivity index (χ2n) is 9.35. The van der Waals surface area contributed by atoms with Crippen LogP contribution >= 0.6 is 35.0 Å². The van der Waals surface area contributed by atoms with Gasteiger partial charge in [-0.1, -0.05) is 0 Å². The minimum Gasteiger partial charge on any atom is -0.393 e. The van der Waals surface area contributed by atoms with Crippen molar-refractivity contribution < 1.29 is 28.7 Å². The van der Waals surface area contributed by atoms with Crippen molar-refractivity contribution >= 4 is 58.8 Å². The molecule has 2 heterocycles. The number of hydrogen-bond donors (Lipinski definition) is 0. The molecule has 6 saturated carbocycles. The summed E-state index contributed by atoms with van der Waals surface area (Å²) in [5.74, 6) is -3.50. The maximum Gasteiger partial charge on any atom is 0.317 e. The molecular formula is C20H20Cl2O6S. The fraction of sp³-hybridized carbons (Fsp3) is 0.800. The fourth-order valence-electron chi connectivity index (χ4n) is 7.25. The molecule has 0 aromatic heterocycles. The third kappa shape index (κ3) is 2.38. The van der Waals surface area contributed by atoms with E-state index in [4.69, 9.17) is 32.7 Å². The summed E-state index contributed by atoms with van der Waals surface area (Å²) in [7, 11) is 0. The minimum atomic E-state index is -0.425. The molecule has 0 spiro atoms. The molecule has 0 amide bonds. The minimum absolute atomic E-state index is 0.0197. The van der Waals surface area contributed by atoms with E-state index in [1.165, 1.54) is 0 Å². The Morgan fingerprint density at radius 1 is 0.586 bits per heavy atom. The first-order valence-electron chi connectivity index (χ1n) is 10.3. The van der Waals surface area contributed by atoms with Gasteiger partial charge in [0.1, 0.15) is 0 Å². The zero-order chi connectivity index (χ0) is 20.2. The molecule has 8 aliphatic rings. The SMILES string of the molecule is O=C1OC(=O)C2C3CCC(C(Cl)C3SC3C(Cl)C4CCC3C3C(=O)OC(=O)C43)C12. The molecule has 8 rings (SSSR count). The van der Waals surface area contributed by atoms with Crippen LogP contribution in [0.1, 0.15) is 25.7 Å². The molecule has 0 radical (unpaired) electrons. The van der Waals surface area contributed by atoms with Crippen LogP contribution in [0, 0.1) is 47.3 Å². The summed E-state index contributed by atoms with van der Waals surface area (Å²) >= 11 is 15.4. The third-order valence-electron chi connectivity index (χ3n) is 8.38. The summed E-state index contributed by atoms with van der Waals surface area (Å²) in [5.41, 5.74) is 0. The van der Waals surface area contributed by atoms with Gasteiger partial charge in [-0.2, -0.15) is 11.8 Å². The van der Waals surface area contributed by atoms with Gasteiger partial charge in [-0.25, -0.2) is 0 Å². The Hall–Kier alpha value is -0.790. The van der Waals surface area contributed by atoms with Crippen molar-refractivity contribution in [3.05, 3.63) is 0 Å². The number of fused-ring (bicyclic) bond motifs is 4. The lowest BCUT2D eigenvalue weighted by Crippen LogP contribution is -2.58. The van der Waals surface area contributed by atoms with E-state index in [9.17, 15) is 19.2 Å². The van der Waals surface area contributed by atoms with Crippen LogP contribution in [0.4, 0.5) is 0 Å². The second-order valence-corrected chi connectivity index (χ2v) is 11.7. The predicted octanol–water partition coefficient (Wildman–Crippen LogP) is 2.38. The van der Waals surface area contributed by atoms with E-state index in [2.05, 4.69) is 0 Å². The molecule has 0 aromatic rings. The highest BCUT2D eigenvalue weighted by atomic mass is 35.5. The molecule has 6 aliphatic carbocycles. The van der Waals surface area contributed by atoms with E-state index in [1.54, 1.807) is 11.8 Å². The van der Waals surface area contributed by atoms with Gasteiger partial charge < -0.3 is 9.47 Å². The van der Waals surface area contributed by atoms with Crippen molar-refractivity contribution in [2.24, 2.45) is 47.3 Å². The molecule has 156 valence electrons. The zero-order valence-corrected chi connectivity index (χ0v) is 17.7. The Kier molecular flexibility index (Phi) is 4.15. The quantitative estimate of drug-likeness (QED) is 0.356. The fourth-order valence-corrected chi connectivity index (χ4v) is 10.6. The molecule has 6 nitrogen and oxygen atoms in total. The van der Waals surface area contributed by atoms with E-state index in [1.807, 2.05) is 0 Å². The summed E-state index contributed by atoms with van der Waals surface area (Å²) in [6.07, 6.45) is 3.34. The van der Waals surface area contributed by atoms with E-state index in [0.717, 1.165) is 25.7 Å². The number of hydrogen-bond acceptors (Lipinski definition) is 7. The number of rotatable bonds is 2. The van der Waals surface area contributed by atoms with Gasteiger partial charge in [0.25, 0.3) is 0 Å². The molecule has 29 heavy (non-hydrogen) atoms. The normalized spacial score (nSPS) is 55.0. The Morgan fingerprint density at radius 3 is 1.28 bits per heavy atom. The average molecular weight is 459 g/mol. The van der Waals surface area contributed by atoms with Gasteiger partial charge >= 0.3 is 23.9 Å². The Morgan fingerprint density at radius 2 is 0.897 bits per heavy atom. The van der Waals surface area contributed by atoms with E-state index >= 15 is 0 Å². The van der Waals surface area contributed by atoms with Crippen molar-refractivity contribution in [3.63, 3.8) is 0 Å². The van der Waals surface area contributed by atoms with E-state index < -0.39 is 47.5 Å². The van der Waals surface area contributed by atoms with Crippen LogP contribution in [-0.4, -0.2) is 45.1 Å². The van der Waals surface area contributed by atoms with Gasteiger partial charge in [-0.3, -0.25) is 19.2 Å². The summed E-state index contributed by atoms with van der Waals surface area (Å²) in [6, 6.07) is 0. The number of carbonyl (C=O) groups excluding carboxylic acids is 4. The van der Waals surface area contributed by atoms with Crippen LogP contribution in [0.25, 0.3) is 0 Å². The number of esters is 4. The maximum absolute atomic E-state index is 12.4. The smallest absolute Gasteiger partial charge is 0.317 e. The molecule has 8 fully saturated rings. The van der Waals surface area contributed by atoms with E-state index in [0.29, 0.717) is 0 Å². The first kappa shape index (κ1) is 18.9. The van der Waals surface area contributed by atoms with Crippen LogP contribution < -0.4 is 0 Å². The Labute approximate surface area is 181 Å². The van der Waals surface area contributed by atoms with Crippen molar-refractivity contribution in [1.82, 2.24) is 0 Å². The highest BCUT2D eigenvalue weighted by molar-refractivity contribution is 8.00. The van der Waals surface area contributed by atoms with Crippen LogP contribution in [0.5, 0.6) is 0 Å². The topological polar surface area (TPSA) is 86.7 Å². The first-order valence-corrected chi connectivity index (χ1v) is 12.1. The van der Waals surface area contributed by atoms with Crippen molar-refractivity contribution in [2.75, 3.05) is 0 Å². The summed E-state index contributed by atoms with van der Waals surface area (Å²) in [6.45, 7) is 0. The summed E-state index contributed by atoms with van der Waals surface area (Å²) in [5, 5.41) is -0.522. The monoisotopic (exact) mass is 458 g/mol. The number of cyclic esters (lactones) is 4. The second kappa shape index (κ2) is 6.36. The Bertz CT molecular complexity index is 768. The number of thioether (sulfide) groups is 1. The summed E-state index contributed by atoms with van der Waals surface area (Å²) in [4.78, 5) is 49.1. The molecule has 12 unspecified atom stereocenters. The van der Waals surface area contributed by atoms with Crippen molar-refractivity contribution in [2.45, 2.75) is 46.9 Å². The van der Waals surface area contributed by atoms with Crippen LogP contribution in [-0.2, 0) is 28.7 Å². The maximum atomic E-state index is 12.4. The Balaban J connectivity index is 1.30. The predicted molar refractivity (Wildman–Crippen MR) is 103 cm³/mol. The molecule has 2 saturated heterocycles. The molecule has 12 atom stereocenters. The number of halogens is 2. The van der Waals surface area contributed by atoms with Gasteiger partial charge in [0.2, 0.25) is 0 Å². The largest absolute Gasteiger partial charge is 0.393 e. The molecule has 2 aliphatic heterocycles. The van der Waals surface area contributed by atoms with Crippen molar-refractivity contribution in [3.8, 4) is 0 Å². The number of carbonyl (C=O) groups is 4. The highest BCUT2D eigenvalue weighted by Crippen LogP contribution is 2.62. The van der Waals surface area contributed by atoms with Gasteiger partial charge in [0.05, 0.1) is 23.7 Å². The lowest BCUT2D eigenvalue weighted by Gasteiger charge is -2.55. The molecule has 0 aromatic carbocycles. The highest BCUT2D eigenvalue weighted by Gasteiger charge is 2.66. The average Bonchev–Trinajstić information content (AvgIpc) is 3.17. The van der Waals surface area contributed by atoms with Crippen LogP contribution in [0.3, 0.4) is 0 Å². The van der Waals surface area contributed by atoms with Crippen molar-refractivity contribution in [1.29, 1.82) is 0 Å². The summed E-state index contributed by atoms with van der Waals surface area (Å²) < 4.78 is 9.92. The standard InChI is InChI=1S/C20H20Cl2O6S/c21-13-5-1-3-7(11-9(5)17(23)27-19(11)25)15(13)29-16-8-4-2-6(14(16)22)10-12(8)20(26)28-18(10)24/h5-16H,1-4H2. The van der Waals surface area contributed by atoms with Gasteiger partial charge in [-0.05, 0) is 49.4 Å². The molecule has 9 heteroatoms. The molecule has 0 N–H and O–H groups in total. The molecular weight excluding hydrogens is 439 g/mol. The number of alkyl halides is 2. The number of ether oxygens (including phenoxy) is 2. The van der Waals surface area contributed by atoms with E-state index in [-0.39, 0.29) is 44.9 Å². The first-order chi connectivity index (χ1) is 13.9. The zero-order valence-electron chi connectivity index (χ0n) is 15.4.